The van der Waals surface area contributed by atoms with Crippen LogP contribution in [0.1, 0.15) is 53.6 Å². The fourth-order valence-electron chi connectivity index (χ4n) is 3.95. The van der Waals surface area contributed by atoms with Gasteiger partial charge in [0, 0.05) is 23.9 Å². The number of carbonyl (C=O) groups is 1. The standard InChI is InChI=1S/C23H20F3N5O/c1-22(2)11-18(29-21(32)16-5-3-4-14(8-16)12-27)19-10-17(30-31(19)13-22)15-6-7-28-20(9-15)23(24,25)26/h3-10,18H,11,13H2,1-2H3,(H,29,32). The van der Waals surface area contributed by atoms with E-state index in [0.717, 1.165) is 18.0 Å². The Labute approximate surface area is 182 Å². The molecule has 6 nitrogen and oxygen atoms in total. The maximum atomic E-state index is 13.1. The summed E-state index contributed by atoms with van der Waals surface area (Å²) in [5, 5.41) is 16.6. The van der Waals surface area contributed by atoms with E-state index >= 15 is 0 Å². The van der Waals surface area contributed by atoms with E-state index in [1.54, 1.807) is 28.9 Å². The summed E-state index contributed by atoms with van der Waals surface area (Å²) in [5.41, 5.74) is 0.973. The average Bonchev–Trinajstić information content (AvgIpc) is 3.16. The summed E-state index contributed by atoms with van der Waals surface area (Å²) < 4.78 is 41.0. The van der Waals surface area contributed by atoms with E-state index in [-0.39, 0.29) is 17.4 Å². The molecule has 2 aromatic heterocycles. The zero-order valence-electron chi connectivity index (χ0n) is 17.4. The van der Waals surface area contributed by atoms with Gasteiger partial charge in [-0.15, -0.1) is 0 Å². The molecule has 3 heterocycles. The van der Waals surface area contributed by atoms with Crippen LogP contribution >= 0.6 is 0 Å². The van der Waals surface area contributed by atoms with Crippen LogP contribution in [-0.4, -0.2) is 20.7 Å². The molecule has 1 atom stereocenters. The molecule has 0 radical (unpaired) electrons. The van der Waals surface area contributed by atoms with Crippen molar-refractivity contribution in [2.45, 2.75) is 39.0 Å². The molecular formula is C23H20F3N5O. The minimum absolute atomic E-state index is 0.196. The van der Waals surface area contributed by atoms with Gasteiger partial charge in [0.25, 0.3) is 5.91 Å². The molecule has 1 aromatic carbocycles. The van der Waals surface area contributed by atoms with Crippen LogP contribution in [0.4, 0.5) is 13.2 Å². The number of hydrogen-bond acceptors (Lipinski definition) is 4. The highest BCUT2D eigenvalue weighted by atomic mass is 19.4. The molecular weight excluding hydrogens is 419 g/mol. The predicted octanol–water partition coefficient (Wildman–Crippen LogP) is 4.74. The van der Waals surface area contributed by atoms with E-state index in [2.05, 4.69) is 15.4 Å². The molecule has 0 aliphatic carbocycles. The number of pyridine rings is 1. The van der Waals surface area contributed by atoms with Crippen LogP contribution < -0.4 is 5.32 Å². The van der Waals surface area contributed by atoms with Crippen molar-refractivity contribution in [3.8, 4) is 17.3 Å². The average molecular weight is 439 g/mol. The molecule has 1 N–H and O–H groups in total. The lowest BCUT2D eigenvalue weighted by Gasteiger charge is -2.36. The number of carbonyl (C=O) groups excluding carboxylic acids is 1. The third kappa shape index (κ3) is 4.35. The lowest BCUT2D eigenvalue weighted by Crippen LogP contribution is -2.39. The van der Waals surface area contributed by atoms with Gasteiger partial charge in [-0.05, 0) is 48.2 Å². The zero-order valence-corrected chi connectivity index (χ0v) is 17.4. The number of nitrogens with one attached hydrogen (secondary N) is 1. The first-order chi connectivity index (χ1) is 15.1. The van der Waals surface area contributed by atoms with E-state index in [4.69, 9.17) is 5.26 Å². The molecule has 3 aromatic rings. The maximum Gasteiger partial charge on any atom is 0.433 e. The Morgan fingerprint density at radius 2 is 2.03 bits per heavy atom. The first kappa shape index (κ1) is 21.6. The number of fused-ring (bicyclic) bond motifs is 1. The number of nitriles is 1. The quantitative estimate of drug-likeness (QED) is 0.639. The second-order valence-corrected chi connectivity index (χ2v) is 8.63. The SMILES string of the molecule is CC1(C)CC(NC(=O)c2cccc(C#N)c2)c2cc(-c3ccnc(C(F)(F)F)c3)nn2C1. The number of benzene rings is 1. The van der Waals surface area contributed by atoms with Crippen LogP contribution in [0.25, 0.3) is 11.3 Å². The Hall–Kier alpha value is -3.67. The Morgan fingerprint density at radius 3 is 2.75 bits per heavy atom. The molecule has 9 heteroatoms. The van der Waals surface area contributed by atoms with Gasteiger partial charge < -0.3 is 5.32 Å². The Balaban J connectivity index is 1.67. The molecule has 1 unspecified atom stereocenters. The minimum atomic E-state index is -4.55. The first-order valence-electron chi connectivity index (χ1n) is 9.98. The van der Waals surface area contributed by atoms with E-state index in [1.807, 2.05) is 19.9 Å². The minimum Gasteiger partial charge on any atom is -0.344 e. The number of nitrogens with zero attached hydrogens (tertiary/aromatic N) is 4. The van der Waals surface area contributed by atoms with Crippen molar-refractivity contribution in [1.82, 2.24) is 20.1 Å². The van der Waals surface area contributed by atoms with Gasteiger partial charge >= 0.3 is 6.18 Å². The third-order valence-corrected chi connectivity index (χ3v) is 5.41. The summed E-state index contributed by atoms with van der Waals surface area (Å²) >= 11 is 0. The van der Waals surface area contributed by atoms with Crippen molar-refractivity contribution < 1.29 is 18.0 Å². The van der Waals surface area contributed by atoms with Gasteiger partial charge in [0.1, 0.15) is 5.69 Å². The van der Waals surface area contributed by atoms with Crippen molar-refractivity contribution in [3.63, 3.8) is 0 Å². The maximum absolute atomic E-state index is 13.1. The molecule has 1 aliphatic heterocycles. The van der Waals surface area contributed by atoms with Crippen molar-refractivity contribution in [1.29, 1.82) is 5.26 Å². The first-order valence-corrected chi connectivity index (χ1v) is 9.98. The van der Waals surface area contributed by atoms with Gasteiger partial charge in [-0.25, -0.2) is 0 Å². The highest BCUT2D eigenvalue weighted by molar-refractivity contribution is 5.94. The highest BCUT2D eigenvalue weighted by Crippen LogP contribution is 2.39. The molecule has 1 aliphatic rings. The normalized spacial score (nSPS) is 17.3. The summed E-state index contributed by atoms with van der Waals surface area (Å²) in [6.07, 6.45) is -2.81. The van der Waals surface area contributed by atoms with Crippen LogP contribution in [0.3, 0.4) is 0 Å². The Kier molecular flexibility index (Phi) is 5.25. The van der Waals surface area contributed by atoms with Gasteiger partial charge in [-0.1, -0.05) is 19.9 Å². The van der Waals surface area contributed by atoms with Crippen molar-refractivity contribution >= 4 is 5.91 Å². The number of alkyl halides is 3. The van der Waals surface area contributed by atoms with Gasteiger partial charge in [0.05, 0.1) is 29.1 Å². The summed E-state index contributed by atoms with van der Waals surface area (Å²) in [6.45, 7) is 4.65. The van der Waals surface area contributed by atoms with Gasteiger partial charge in [-0.3, -0.25) is 14.5 Å². The Morgan fingerprint density at radius 1 is 1.25 bits per heavy atom. The lowest BCUT2D eigenvalue weighted by molar-refractivity contribution is -0.141. The molecule has 1 amide bonds. The molecule has 0 spiro atoms. The molecule has 4 rings (SSSR count). The van der Waals surface area contributed by atoms with E-state index in [1.165, 1.54) is 12.1 Å². The van der Waals surface area contributed by atoms with E-state index < -0.39 is 11.9 Å². The highest BCUT2D eigenvalue weighted by Gasteiger charge is 2.36. The molecule has 0 bridgehead atoms. The van der Waals surface area contributed by atoms with Gasteiger partial charge in [0.15, 0.2) is 0 Å². The topological polar surface area (TPSA) is 83.6 Å². The predicted molar refractivity (Wildman–Crippen MR) is 110 cm³/mol. The van der Waals surface area contributed by atoms with Crippen molar-refractivity contribution in [3.05, 3.63) is 71.2 Å². The molecule has 0 fully saturated rings. The van der Waals surface area contributed by atoms with Crippen LogP contribution in [0.15, 0.2) is 48.7 Å². The number of hydrogen-bond donors (Lipinski definition) is 1. The smallest absolute Gasteiger partial charge is 0.344 e. The fourth-order valence-corrected chi connectivity index (χ4v) is 3.95. The monoisotopic (exact) mass is 439 g/mol. The molecule has 0 saturated heterocycles. The summed E-state index contributed by atoms with van der Waals surface area (Å²) in [4.78, 5) is 16.3. The summed E-state index contributed by atoms with van der Waals surface area (Å²) in [7, 11) is 0. The number of rotatable bonds is 3. The Bertz CT molecular complexity index is 1220. The summed E-state index contributed by atoms with van der Waals surface area (Å²) in [5.74, 6) is -0.331. The number of amides is 1. The lowest BCUT2D eigenvalue weighted by atomic mass is 9.81. The van der Waals surface area contributed by atoms with E-state index in [0.29, 0.717) is 35.3 Å². The number of halogens is 3. The van der Waals surface area contributed by atoms with Gasteiger partial charge in [0.2, 0.25) is 0 Å². The van der Waals surface area contributed by atoms with Crippen LogP contribution in [-0.2, 0) is 12.7 Å². The molecule has 164 valence electrons. The van der Waals surface area contributed by atoms with E-state index in [9.17, 15) is 18.0 Å². The van der Waals surface area contributed by atoms with Crippen molar-refractivity contribution in [2.75, 3.05) is 0 Å². The fraction of sp³-hybridized carbons (Fsp3) is 0.304. The number of aromatic nitrogens is 3. The molecule has 32 heavy (non-hydrogen) atoms. The van der Waals surface area contributed by atoms with Crippen molar-refractivity contribution in [2.24, 2.45) is 5.41 Å². The van der Waals surface area contributed by atoms with Crippen LogP contribution in [0.2, 0.25) is 0 Å². The van der Waals surface area contributed by atoms with Gasteiger partial charge in [-0.2, -0.15) is 23.5 Å². The van der Waals surface area contributed by atoms with Crippen LogP contribution in [0.5, 0.6) is 0 Å². The molecule has 0 saturated carbocycles. The second-order valence-electron chi connectivity index (χ2n) is 8.63. The second kappa shape index (κ2) is 7.79. The largest absolute Gasteiger partial charge is 0.433 e. The zero-order chi connectivity index (χ0) is 23.1. The summed E-state index contributed by atoms with van der Waals surface area (Å²) in [6, 6.07) is 12.2. The van der Waals surface area contributed by atoms with Crippen LogP contribution in [0, 0.1) is 16.7 Å². The third-order valence-electron chi connectivity index (χ3n) is 5.41.